The molecule has 4 aromatic carbocycles. The number of hydrogen-bond donors (Lipinski definition) is 5. The summed E-state index contributed by atoms with van der Waals surface area (Å²) in [5, 5.41) is 36.8. The van der Waals surface area contributed by atoms with Crippen LogP contribution >= 0.6 is 0 Å². The van der Waals surface area contributed by atoms with Crippen LogP contribution in [0.15, 0.2) is 84.1 Å². The number of phenolic OH excluding ortho intramolecular Hbond substituents is 2. The van der Waals surface area contributed by atoms with E-state index in [9.17, 15) is 29.4 Å². The van der Waals surface area contributed by atoms with Gasteiger partial charge in [-0.25, -0.2) is 24.1 Å². The van der Waals surface area contributed by atoms with Gasteiger partial charge >= 0.3 is 6.09 Å². The number of ether oxygens (including phenoxy) is 3. The Morgan fingerprint density at radius 1 is 0.866 bits per heavy atom. The minimum atomic E-state index is -0.639. The molecule has 3 aliphatic heterocycles. The third kappa shape index (κ3) is 12.2. The Hall–Kier alpha value is -9.23. The Labute approximate surface area is 471 Å². The van der Waals surface area contributed by atoms with Crippen LogP contribution in [0.5, 0.6) is 28.7 Å². The molecular weight excluding hydrogens is 1060 g/mol. The first-order valence-electron chi connectivity index (χ1n) is 27.2. The van der Waals surface area contributed by atoms with Crippen molar-refractivity contribution >= 4 is 46.5 Å². The zero-order valence-electron chi connectivity index (χ0n) is 46.0. The molecule has 428 valence electrons. The number of benzene rings is 4. The van der Waals surface area contributed by atoms with Gasteiger partial charge in [-0.05, 0) is 72.4 Å². The molecule has 0 unspecified atom stereocenters. The maximum absolute atomic E-state index is 15.5. The fourth-order valence-corrected chi connectivity index (χ4v) is 10.2. The van der Waals surface area contributed by atoms with Crippen molar-refractivity contribution in [2.24, 2.45) is 4.99 Å². The molecule has 3 aliphatic rings. The highest BCUT2D eigenvalue weighted by Crippen LogP contribution is 2.39. The van der Waals surface area contributed by atoms with Gasteiger partial charge < -0.3 is 50.6 Å². The molecule has 0 spiro atoms. The number of aromatic hydroxyl groups is 2. The molecule has 0 atom stereocenters. The van der Waals surface area contributed by atoms with Gasteiger partial charge in [-0.3, -0.25) is 33.3 Å². The van der Waals surface area contributed by atoms with Crippen molar-refractivity contribution in [2.75, 3.05) is 96.8 Å². The Morgan fingerprint density at radius 2 is 1.60 bits per heavy atom. The zero-order chi connectivity index (χ0) is 57.6. The lowest BCUT2D eigenvalue weighted by Gasteiger charge is -2.35. The predicted octanol–water partition coefficient (Wildman–Crippen LogP) is 4.73. The monoisotopic (exact) mass is 1120 g/mol. The minimum absolute atomic E-state index is 0.0390. The number of carbonyl (C=O) groups excluding carboxylic acids is 4. The minimum Gasteiger partial charge on any atom is -0.508 e. The van der Waals surface area contributed by atoms with Crippen molar-refractivity contribution in [3.8, 4) is 45.8 Å². The Kier molecular flexibility index (Phi) is 16.8. The first kappa shape index (κ1) is 56.1. The van der Waals surface area contributed by atoms with Crippen LogP contribution in [0.1, 0.15) is 70.8 Å². The highest BCUT2D eigenvalue weighted by Gasteiger charge is 2.28. The number of rotatable bonds is 17. The van der Waals surface area contributed by atoms with Crippen LogP contribution in [0.2, 0.25) is 0 Å². The molecular formula is C57H64FN15O9. The molecule has 10 rings (SSSR count). The first-order valence-corrected chi connectivity index (χ1v) is 27.2. The highest BCUT2D eigenvalue weighted by atomic mass is 19.1. The van der Waals surface area contributed by atoms with Crippen molar-refractivity contribution in [2.45, 2.75) is 52.6 Å². The number of amides is 4. The van der Waals surface area contributed by atoms with Crippen LogP contribution in [0.3, 0.4) is 0 Å². The Bertz CT molecular complexity index is 3600. The second-order valence-corrected chi connectivity index (χ2v) is 20.4. The number of carbonyl (C=O) groups is 4. The van der Waals surface area contributed by atoms with E-state index in [2.05, 4.69) is 45.6 Å². The number of nitrogens with one attached hydrogen (secondary N) is 2. The summed E-state index contributed by atoms with van der Waals surface area (Å²) in [7, 11) is 1.53. The summed E-state index contributed by atoms with van der Waals surface area (Å²) < 4.78 is 36.5. The van der Waals surface area contributed by atoms with Gasteiger partial charge in [-0.1, -0.05) is 32.0 Å². The van der Waals surface area contributed by atoms with Crippen LogP contribution in [0.4, 0.5) is 21.0 Å². The van der Waals surface area contributed by atoms with Crippen LogP contribution in [0.25, 0.3) is 28.0 Å². The average molecular weight is 1120 g/mol. The smallest absolute Gasteiger partial charge is 0.415 e. The van der Waals surface area contributed by atoms with E-state index in [4.69, 9.17) is 24.9 Å². The fraction of sp³-hybridized carbons (Fsp3) is 0.368. The lowest BCUT2D eigenvalue weighted by Crippen LogP contribution is -2.49. The summed E-state index contributed by atoms with van der Waals surface area (Å²) in [5.41, 5.74) is 9.15. The number of nitrogens with zero attached hydrogens (tertiary/aromatic N) is 12. The lowest BCUT2D eigenvalue weighted by molar-refractivity contribution is -0.132. The van der Waals surface area contributed by atoms with Crippen LogP contribution in [0, 0.1) is 5.82 Å². The third-order valence-corrected chi connectivity index (χ3v) is 14.6. The topological polar surface area (TPSA) is 286 Å². The number of hydrogen-bond acceptors (Lipinski definition) is 18. The molecule has 0 aliphatic carbocycles. The SMILES string of the molecule is CCNC(=O)c1nnc(-c2cc(C(C)C)c(O)cc2O)n1-c1ccc(CN2CCN(C(=O)Cc3ccc(OC(=O)N4CCN(CCCOc5ccc6c7n(c(=NC(=O)c8cnc(N)nc8)nc6c5OC)CCN7)CC4)cc3F)CC2)cc1. The summed E-state index contributed by atoms with van der Waals surface area (Å²) in [6.07, 6.45) is 2.58. The summed E-state index contributed by atoms with van der Waals surface area (Å²) in [6, 6.07) is 18.4. The van der Waals surface area contributed by atoms with Gasteiger partial charge in [0.15, 0.2) is 17.3 Å². The number of fused-ring (bicyclic) bond motifs is 3. The maximum Gasteiger partial charge on any atom is 0.415 e. The third-order valence-electron chi connectivity index (χ3n) is 14.6. The molecule has 6 N–H and O–H groups in total. The zero-order valence-corrected chi connectivity index (χ0v) is 46.0. The van der Waals surface area contributed by atoms with E-state index in [-0.39, 0.29) is 69.8 Å². The molecule has 82 heavy (non-hydrogen) atoms. The normalized spacial score (nSPS) is 14.9. The molecule has 25 heteroatoms. The van der Waals surface area contributed by atoms with E-state index in [1.807, 2.05) is 54.8 Å². The summed E-state index contributed by atoms with van der Waals surface area (Å²) in [4.78, 5) is 77.4. The number of methoxy groups -OCH3 is 1. The molecule has 6 heterocycles. The van der Waals surface area contributed by atoms with Crippen LogP contribution < -0.4 is 36.2 Å². The van der Waals surface area contributed by atoms with E-state index < -0.39 is 23.7 Å². The van der Waals surface area contributed by atoms with Crippen molar-refractivity contribution in [1.82, 2.24) is 59.2 Å². The molecule has 2 fully saturated rings. The fourth-order valence-electron chi connectivity index (χ4n) is 10.2. The molecule has 4 amide bonds. The van der Waals surface area contributed by atoms with Gasteiger partial charge in [0, 0.05) is 121 Å². The van der Waals surface area contributed by atoms with Crippen molar-refractivity contribution < 1.29 is 48.0 Å². The van der Waals surface area contributed by atoms with Gasteiger partial charge in [0.1, 0.15) is 34.4 Å². The number of nitrogen functional groups attached to an aromatic ring is 1. The maximum atomic E-state index is 15.5. The summed E-state index contributed by atoms with van der Waals surface area (Å²) in [5.74, 6) is -0.128. The predicted molar refractivity (Wildman–Crippen MR) is 299 cm³/mol. The Morgan fingerprint density at radius 3 is 2.30 bits per heavy atom. The van der Waals surface area contributed by atoms with E-state index in [1.54, 1.807) is 27.4 Å². The van der Waals surface area contributed by atoms with Gasteiger partial charge in [-0.2, -0.15) is 4.99 Å². The van der Waals surface area contributed by atoms with Crippen molar-refractivity contribution in [3.05, 3.63) is 119 Å². The number of nitrogens with two attached hydrogens (primary N) is 1. The average Bonchev–Trinajstić information content (AvgIpc) is 4.22. The molecule has 0 saturated carbocycles. The van der Waals surface area contributed by atoms with Gasteiger partial charge in [0.05, 0.1) is 31.3 Å². The molecule has 0 radical (unpaired) electrons. The largest absolute Gasteiger partial charge is 0.508 e. The molecule has 7 aromatic rings. The first-order chi connectivity index (χ1) is 39.7. The van der Waals surface area contributed by atoms with Gasteiger partial charge in [0.2, 0.25) is 23.3 Å². The molecule has 2 saturated heterocycles. The number of anilines is 2. The summed E-state index contributed by atoms with van der Waals surface area (Å²) >= 11 is 0. The second kappa shape index (κ2) is 24.6. The number of phenols is 2. The second-order valence-electron chi connectivity index (χ2n) is 20.4. The molecule has 24 nitrogen and oxygen atoms in total. The van der Waals surface area contributed by atoms with Gasteiger partial charge in [0.25, 0.3) is 11.8 Å². The summed E-state index contributed by atoms with van der Waals surface area (Å²) in [6.45, 7) is 13.0. The van der Waals surface area contributed by atoms with E-state index in [1.165, 1.54) is 37.7 Å². The van der Waals surface area contributed by atoms with E-state index in [0.29, 0.717) is 132 Å². The van der Waals surface area contributed by atoms with Crippen molar-refractivity contribution in [1.29, 1.82) is 0 Å². The van der Waals surface area contributed by atoms with Crippen molar-refractivity contribution in [3.63, 3.8) is 0 Å². The number of aromatic nitrogens is 7. The Balaban J connectivity index is 0.668. The van der Waals surface area contributed by atoms with E-state index in [0.717, 1.165) is 22.8 Å². The van der Waals surface area contributed by atoms with Gasteiger partial charge in [-0.15, -0.1) is 10.2 Å². The van der Waals surface area contributed by atoms with E-state index >= 15 is 4.39 Å². The molecule has 0 bridgehead atoms. The number of piperazine rings is 2. The standard InChI is InChI=1S/C57H64FN15O9/c1-5-60-54(78)52-67-66-51(42-29-41(34(2)3)44(74)30-45(42)75)73(52)38-10-7-35(8-11-38)33-69-20-22-70(23-21-69)47(76)27-36-9-12-39(28-43(36)58)82-57(79)71-24-18-68(19-25-71)16-6-26-81-46-14-13-40-48(49(46)80-4)64-56(72-17-15-61-50(40)72)65-53(77)37-31-62-55(59)63-32-37/h7-14,28-32,34,61,74-75H,5-6,15-27,33H2,1-4H3,(H,60,78)(H2,59,62,63). The quantitative estimate of drug-likeness (QED) is 0.0771. The van der Waals surface area contributed by atoms with Crippen LogP contribution in [-0.4, -0.2) is 174 Å². The highest BCUT2D eigenvalue weighted by molar-refractivity contribution is 5.97. The lowest BCUT2D eigenvalue weighted by atomic mass is 9.98. The molecule has 3 aromatic heterocycles. The number of halogens is 1. The van der Waals surface area contributed by atoms with Crippen LogP contribution in [-0.2, 0) is 24.3 Å².